The smallest absolute Gasteiger partial charge is 0.325 e. The van der Waals surface area contributed by atoms with Gasteiger partial charge in [0.15, 0.2) is 11.5 Å². The minimum atomic E-state index is -1.34. The van der Waals surface area contributed by atoms with E-state index in [0.717, 1.165) is 16.9 Å². The molecule has 4 rings (SSSR count). The quantitative estimate of drug-likeness (QED) is 0.633. The highest BCUT2D eigenvalue weighted by Gasteiger charge is 2.49. The molecule has 9 nitrogen and oxygen atoms in total. The van der Waals surface area contributed by atoms with Crippen LogP contribution in [0.4, 0.5) is 10.5 Å². The second-order valence-corrected chi connectivity index (χ2v) is 9.87. The number of ether oxygens (including phenoxy) is 3. The van der Waals surface area contributed by atoms with E-state index in [1.807, 2.05) is 12.1 Å². The van der Waals surface area contributed by atoms with E-state index in [1.54, 1.807) is 31.2 Å². The Balaban J connectivity index is 1.52. The third-order valence-electron chi connectivity index (χ3n) is 6.24. The summed E-state index contributed by atoms with van der Waals surface area (Å²) in [5.41, 5.74) is 0.545. The monoisotopic (exact) mass is 481 g/mol. The molecule has 0 spiro atoms. The highest BCUT2D eigenvalue weighted by atomic mass is 16.5. The molecule has 2 heterocycles. The van der Waals surface area contributed by atoms with E-state index in [0.29, 0.717) is 41.7 Å². The van der Waals surface area contributed by atoms with Crippen LogP contribution in [0.3, 0.4) is 0 Å². The molecule has 0 bridgehead atoms. The van der Waals surface area contributed by atoms with Crippen LogP contribution < -0.4 is 24.8 Å². The van der Waals surface area contributed by atoms with Crippen LogP contribution in [0.15, 0.2) is 36.4 Å². The van der Waals surface area contributed by atoms with Gasteiger partial charge >= 0.3 is 6.03 Å². The minimum Gasteiger partial charge on any atom is -0.495 e. The SMILES string of the molecule is COc1ccc(C(C)(C)C)cc1NC(=O)CN1C(=O)NC(C)(c2ccc3c(c2)OCCCO3)C1=O. The van der Waals surface area contributed by atoms with E-state index in [-0.39, 0.29) is 5.41 Å². The van der Waals surface area contributed by atoms with Crippen molar-refractivity contribution >= 4 is 23.5 Å². The summed E-state index contributed by atoms with van der Waals surface area (Å²) in [5.74, 6) is 0.559. The number of imide groups is 1. The first-order valence-electron chi connectivity index (χ1n) is 11.6. The number of nitrogens with zero attached hydrogens (tertiary/aromatic N) is 1. The Bertz CT molecular complexity index is 1170. The standard InChI is InChI=1S/C26H31N3O6/c1-25(2,3)16-7-9-19(33-5)18(13-16)27-22(30)15-29-23(31)26(4,28-24(29)32)17-8-10-20-21(14-17)35-12-6-11-34-20/h7-10,13-14H,6,11-12,15H2,1-5H3,(H,27,30)(H,28,32). The van der Waals surface area contributed by atoms with Crippen LogP contribution in [-0.2, 0) is 20.5 Å². The van der Waals surface area contributed by atoms with Crippen molar-refractivity contribution < 1.29 is 28.6 Å². The molecule has 9 heteroatoms. The van der Waals surface area contributed by atoms with Gasteiger partial charge in [-0.1, -0.05) is 32.9 Å². The lowest BCUT2D eigenvalue weighted by Crippen LogP contribution is -2.42. The first kappa shape index (κ1) is 24.4. The maximum absolute atomic E-state index is 13.3. The highest BCUT2D eigenvalue weighted by molar-refractivity contribution is 6.10. The molecule has 2 aromatic carbocycles. The predicted molar refractivity (Wildman–Crippen MR) is 130 cm³/mol. The summed E-state index contributed by atoms with van der Waals surface area (Å²) in [6.45, 7) is 8.41. The summed E-state index contributed by atoms with van der Waals surface area (Å²) in [5, 5.41) is 5.51. The molecule has 0 aliphatic carbocycles. The number of benzene rings is 2. The maximum Gasteiger partial charge on any atom is 0.325 e. The number of fused-ring (bicyclic) bond motifs is 1. The van der Waals surface area contributed by atoms with Crippen LogP contribution in [-0.4, -0.2) is 49.6 Å². The van der Waals surface area contributed by atoms with Gasteiger partial charge in [0.25, 0.3) is 5.91 Å². The Kier molecular flexibility index (Phi) is 6.36. The number of rotatable bonds is 5. The average molecular weight is 482 g/mol. The molecule has 1 saturated heterocycles. The second-order valence-electron chi connectivity index (χ2n) is 9.87. The Morgan fingerprint density at radius 2 is 1.83 bits per heavy atom. The fourth-order valence-corrected chi connectivity index (χ4v) is 4.12. The fraction of sp³-hybridized carbons (Fsp3) is 0.423. The second kappa shape index (κ2) is 9.13. The first-order chi connectivity index (χ1) is 16.5. The summed E-state index contributed by atoms with van der Waals surface area (Å²) in [7, 11) is 1.51. The molecule has 35 heavy (non-hydrogen) atoms. The molecule has 4 amide bonds. The lowest BCUT2D eigenvalue weighted by Gasteiger charge is -2.23. The molecule has 0 aromatic heterocycles. The van der Waals surface area contributed by atoms with Crippen LogP contribution >= 0.6 is 0 Å². The zero-order valence-electron chi connectivity index (χ0n) is 20.7. The van der Waals surface area contributed by atoms with E-state index in [2.05, 4.69) is 31.4 Å². The van der Waals surface area contributed by atoms with Crippen molar-refractivity contribution in [2.24, 2.45) is 0 Å². The fourth-order valence-electron chi connectivity index (χ4n) is 4.12. The number of urea groups is 1. The van der Waals surface area contributed by atoms with Gasteiger partial charge in [0, 0.05) is 6.42 Å². The van der Waals surface area contributed by atoms with Crippen molar-refractivity contribution in [2.75, 3.05) is 32.2 Å². The van der Waals surface area contributed by atoms with Gasteiger partial charge in [0.2, 0.25) is 5.91 Å². The van der Waals surface area contributed by atoms with E-state index in [4.69, 9.17) is 14.2 Å². The van der Waals surface area contributed by atoms with Crippen molar-refractivity contribution in [2.45, 2.75) is 45.1 Å². The number of anilines is 1. The van der Waals surface area contributed by atoms with Gasteiger partial charge in [-0.15, -0.1) is 0 Å². The molecule has 2 aliphatic heterocycles. The minimum absolute atomic E-state index is 0.138. The van der Waals surface area contributed by atoms with Gasteiger partial charge in [-0.2, -0.15) is 0 Å². The molecule has 1 atom stereocenters. The molecule has 2 aromatic rings. The van der Waals surface area contributed by atoms with Crippen molar-refractivity contribution in [3.8, 4) is 17.2 Å². The summed E-state index contributed by atoms with van der Waals surface area (Å²) in [6.07, 6.45) is 0.753. The Hall–Kier alpha value is -3.75. The van der Waals surface area contributed by atoms with Gasteiger partial charge in [-0.3, -0.25) is 14.5 Å². The summed E-state index contributed by atoms with van der Waals surface area (Å²) in [6, 6.07) is 10.1. The largest absolute Gasteiger partial charge is 0.495 e. The van der Waals surface area contributed by atoms with Gasteiger partial charge in [0.1, 0.15) is 17.8 Å². The number of carbonyl (C=O) groups is 3. The molecule has 2 N–H and O–H groups in total. The molecule has 186 valence electrons. The molecule has 1 unspecified atom stereocenters. The van der Waals surface area contributed by atoms with E-state index in [1.165, 1.54) is 7.11 Å². The van der Waals surface area contributed by atoms with Crippen LogP contribution in [0.1, 0.15) is 45.2 Å². The van der Waals surface area contributed by atoms with Gasteiger partial charge in [-0.05, 0) is 47.7 Å². The number of hydrogen-bond donors (Lipinski definition) is 2. The van der Waals surface area contributed by atoms with Gasteiger partial charge < -0.3 is 24.8 Å². The van der Waals surface area contributed by atoms with Crippen molar-refractivity contribution in [1.29, 1.82) is 0 Å². The number of nitrogens with one attached hydrogen (secondary N) is 2. The molecule has 0 radical (unpaired) electrons. The van der Waals surface area contributed by atoms with Crippen molar-refractivity contribution in [1.82, 2.24) is 10.2 Å². The molecular formula is C26H31N3O6. The lowest BCUT2D eigenvalue weighted by atomic mass is 9.87. The summed E-state index contributed by atoms with van der Waals surface area (Å²) in [4.78, 5) is 39.9. The third kappa shape index (κ3) is 4.76. The van der Waals surface area contributed by atoms with E-state index < -0.39 is 29.9 Å². The Morgan fingerprint density at radius 1 is 1.11 bits per heavy atom. The normalized spacial score (nSPS) is 19.7. The summed E-state index contributed by atoms with van der Waals surface area (Å²) < 4.78 is 16.8. The number of hydrogen-bond acceptors (Lipinski definition) is 6. The molecule has 0 saturated carbocycles. The van der Waals surface area contributed by atoms with E-state index >= 15 is 0 Å². The van der Waals surface area contributed by atoms with Crippen LogP contribution in [0.25, 0.3) is 0 Å². The average Bonchev–Trinajstić information content (AvgIpc) is 2.97. The van der Waals surface area contributed by atoms with Crippen LogP contribution in [0.5, 0.6) is 17.2 Å². The maximum atomic E-state index is 13.3. The topological polar surface area (TPSA) is 106 Å². The van der Waals surface area contributed by atoms with Gasteiger partial charge in [0.05, 0.1) is 26.0 Å². The predicted octanol–water partition coefficient (Wildman–Crippen LogP) is 3.56. The lowest BCUT2D eigenvalue weighted by molar-refractivity contribution is -0.133. The van der Waals surface area contributed by atoms with Crippen LogP contribution in [0, 0.1) is 0 Å². The molecule has 1 fully saturated rings. The number of amides is 4. The van der Waals surface area contributed by atoms with Crippen LogP contribution in [0.2, 0.25) is 0 Å². The van der Waals surface area contributed by atoms with Gasteiger partial charge in [-0.25, -0.2) is 4.79 Å². The Labute approximate surface area is 204 Å². The highest BCUT2D eigenvalue weighted by Crippen LogP contribution is 2.37. The first-order valence-corrected chi connectivity index (χ1v) is 11.6. The Morgan fingerprint density at radius 3 is 2.51 bits per heavy atom. The van der Waals surface area contributed by atoms with Crippen molar-refractivity contribution in [3.63, 3.8) is 0 Å². The number of carbonyl (C=O) groups excluding carboxylic acids is 3. The summed E-state index contributed by atoms with van der Waals surface area (Å²) >= 11 is 0. The zero-order valence-corrected chi connectivity index (χ0v) is 20.7. The van der Waals surface area contributed by atoms with Crippen molar-refractivity contribution in [3.05, 3.63) is 47.5 Å². The number of methoxy groups -OCH3 is 1. The van der Waals surface area contributed by atoms with E-state index in [9.17, 15) is 14.4 Å². The molecule has 2 aliphatic rings. The third-order valence-corrected chi connectivity index (χ3v) is 6.24. The zero-order chi connectivity index (χ0) is 25.4. The molecular weight excluding hydrogens is 450 g/mol.